The van der Waals surface area contributed by atoms with Crippen molar-refractivity contribution >= 4 is 16.8 Å². The molecule has 0 unspecified atom stereocenters. The molecular weight excluding hydrogens is 370 g/mol. The number of nitrogens with zero attached hydrogens (tertiary/aromatic N) is 2. The third kappa shape index (κ3) is 3.89. The molecule has 3 heterocycles. The molecule has 0 spiro atoms. The lowest BCUT2D eigenvalue weighted by atomic mass is 9.83. The summed E-state index contributed by atoms with van der Waals surface area (Å²) in [7, 11) is 0. The van der Waals surface area contributed by atoms with E-state index in [9.17, 15) is 4.79 Å². The second-order valence-corrected chi connectivity index (χ2v) is 8.88. The number of carbonyl (C=O) groups excluding carboxylic acids is 1. The number of amides is 1. The van der Waals surface area contributed by atoms with Crippen molar-refractivity contribution in [1.82, 2.24) is 14.8 Å². The van der Waals surface area contributed by atoms with Gasteiger partial charge in [0, 0.05) is 36.2 Å². The van der Waals surface area contributed by atoms with Gasteiger partial charge in [0.25, 0.3) is 5.91 Å². The number of piperidine rings is 2. The molecule has 2 fully saturated rings. The van der Waals surface area contributed by atoms with E-state index in [-0.39, 0.29) is 5.91 Å². The van der Waals surface area contributed by atoms with Gasteiger partial charge in [-0.05, 0) is 56.3 Å². The van der Waals surface area contributed by atoms with Gasteiger partial charge in [-0.25, -0.2) is 0 Å². The second kappa shape index (κ2) is 8.65. The molecule has 2 aliphatic rings. The summed E-state index contributed by atoms with van der Waals surface area (Å²) in [5.74, 6) is 0.645. The molecule has 3 aromatic rings. The highest BCUT2D eigenvalue weighted by Gasteiger charge is 2.33. The van der Waals surface area contributed by atoms with Crippen molar-refractivity contribution in [3.8, 4) is 0 Å². The number of rotatable bonds is 5. The molecule has 156 valence electrons. The van der Waals surface area contributed by atoms with Crippen LogP contribution in [0.3, 0.4) is 0 Å². The van der Waals surface area contributed by atoms with Gasteiger partial charge in [-0.3, -0.25) is 4.79 Å². The van der Waals surface area contributed by atoms with Gasteiger partial charge in [0.2, 0.25) is 0 Å². The molecule has 5 rings (SSSR count). The van der Waals surface area contributed by atoms with Gasteiger partial charge < -0.3 is 14.8 Å². The van der Waals surface area contributed by atoms with Crippen LogP contribution in [0.4, 0.5) is 0 Å². The first-order chi connectivity index (χ1) is 14.8. The van der Waals surface area contributed by atoms with Gasteiger partial charge in [0.1, 0.15) is 0 Å². The molecule has 30 heavy (non-hydrogen) atoms. The zero-order chi connectivity index (χ0) is 20.3. The fourth-order valence-corrected chi connectivity index (χ4v) is 5.47. The quantitative estimate of drug-likeness (QED) is 0.674. The highest BCUT2D eigenvalue weighted by molar-refractivity contribution is 6.07. The fourth-order valence-electron chi connectivity index (χ4n) is 5.47. The summed E-state index contributed by atoms with van der Waals surface area (Å²) in [5, 5.41) is 4.33. The van der Waals surface area contributed by atoms with Crippen molar-refractivity contribution in [2.75, 3.05) is 19.6 Å². The maximum Gasteiger partial charge on any atom is 0.253 e. The summed E-state index contributed by atoms with van der Waals surface area (Å²) in [5.41, 5.74) is 3.14. The van der Waals surface area contributed by atoms with Crippen molar-refractivity contribution in [3.05, 3.63) is 71.9 Å². The molecule has 4 heteroatoms. The standard InChI is InChI=1S/C26H31N3O/c30-26(27-17-21-11-8-16-28-15-7-6-13-24(21)28)23-19-29(18-20-9-2-1-3-10-20)25-14-5-4-12-22(23)25/h1-5,9-10,12,14,19,21,24H,6-8,11,13,15-18H2,(H,27,30)/t21-,24+/m0/s1. The van der Waals surface area contributed by atoms with Crippen LogP contribution in [-0.2, 0) is 6.54 Å². The lowest BCUT2D eigenvalue weighted by molar-refractivity contribution is 0.0576. The Morgan fingerprint density at radius 1 is 0.933 bits per heavy atom. The number of nitrogens with one attached hydrogen (secondary N) is 1. The molecule has 0 saturated carbocycles. The average molecular weight is 402 g/mol. The topological polar surface area (TPSA) is 37.3 Å². The third-order valence-corrected chi connectivity index (χ3v) is 6.98. The van der Waals surface area contributed by atoms with Crippen LogP contribution in [0, 0.1) is 5.92 Å². The largest absolute Gasteiger partial charge is 0.352 e. The molecule has 0 radical (unpaired) electrons. The number of aromatic nitrogens is 1. The van der Waals surface area contributed by atoms with Crippen LogP contribution in [0.15, 0.2) is 60.8 Å². The van der Waals surface area contributed by atoms with Crippen LogP contribution in [0.1, 0.15) is 48.0 Å². The van der Waals surface area contributed by atoms with Crippen LogP contribution in [0.5, 0.6) is 0 Å². The smallest absolute Gasteiger partial charge is 0.253 e. The van der Waals surface area contributed by atoms with E-state index < -0.39 is 0 Å². The monoisotopic (exact) mass is 401 g/mol. The number of hydrogen-bond acceptors (Lipinski definition) is 2. The van der Waals surface area contributed by atoms with Gasteiger partial charge in [0.15, 0.2) is 0 Å². The zero-order valence-corrected chi connectivity index (χ0v) is 17.6. The van der Waals surface area contributed by atoms with Crippen LogP contribution < -0.4 is 5.32 Å². The first kappa shape index (κ1) is 19.4. The van der Waals surface area contributed by atoms with Gasteiger partial charge in [-0.15, -0.1) is 0 Å². The molecule has 4 nitrogen and oxygen atoms in total. The molecule has 1 N–H and O–H groups in total. The van der Waals surface area contributed by atoms with Crippen molar-refractivity contribution in [1.29, 1.82) is 0 Å². The predicted octanol–water partition coefficient (Wildman–Crippen LogP) is 4.68. The van der Waals surface area contributed by atoms with E-state index in [1.165, 1.54) is 50.8 Å². The van der Waals surface area contributed by atoms with E-state index in [2.05, 4.69) is 51.2 Å². The fraction of sp³-hybridized carbons (Fsp3) is 0.423. The Bertz CT molecular complexity index is 1010. The maximum absolute atomic E-state index is 13.2. The minimum absolute atomic E-state index is 0.0611. The van der Waals surface area contributed by atoms with E-state index >= 15 is 0 Å². The van der Waals surface area contributed by atoms with E-state index in [4.69, 9.17) is 0 Å². The lowest BCUT2D eigenvalue weighted by Crippen LogP contribution is -2.51. The molecule has 2 saturated heterocycles. The van der Waals surface area contributed by atoms with E-state index in [1.807, 2.05) is 24.4 Å². The lowest BCUT2D eigenvalue weighted by Gasteiger charge is -2.44. The van der Waals surface area contributed by atoms with Crippen LogP contribution in [0.25, 0.3) is 10.9 Å². The number of carbonyl (C=O) groups is 1. The summed E-state index contributed by atoms with van der Waals surface area (Å²) in [6.07, 6.45) is 8.47. The Morgan fingerprint density at radius 3 is 2.63 bits per heavy atom. The summed E-state index contributed by atoms with van der Waals surface area (Å²) in [6, 6.07) is 19.3. The number of para-hydroxylation sites is 1. The summed E-state index contributed by atoms with van der Waals surface area (Å²) >= 11 is 0. The molecule has 2 aliphatic heterocycles. The Labute approximate surface area is 178 Å². The Balaban J connectivity index is 1.33. The average Bonchev–Trinajstić information content (AvgIpc) is 3.17. The highest BCUT2D eigenvalue weighted by atomic mass is 16.1. The van der Waals surface area contributed by atoms with Crippen molar-refractivity contribution in [2.24, 2.45) is 5.92 Å². The minimum Gasteiger partial charge on any atom is -0.352 e. The maximum atomic E-state index is 13.2. The molecule has 2 aromatic carbocycles. The molecule has 1 aromatic heterocycles. The van der Waals surface area contributed by atoms with Gasteiger partial charge in [0.05, 0.1) is 5.56 Å². The SMILES string of the molecule is O=C(NC[C@@H]1CCCN2CCCC[C@H]12)c1cn(Cc2ccccc2)c2ccccc12. The highest BCUT2D eigenvalue weighted by Crippen LogP contribution is 2.30. The van der Waals surface area contributed by atoms with Gasteiger partial charge in [-0.2, -0.15) is 0 Å². The second-order valence-electron chi connectivity index (χ2n) is 8.88. The zero-order valence-electron chi connectivity index (χ0n) is 17.6. The molecule has 1 amide bonds. The van der Waals surface area contributed by atoms with E-state index in [0.29, 0.717) is 12.0 Å². The molecular formula is C26H31N3O. The molecule has 0 bridgehead atoms. The van der Waals surface area contributed by atoms with Crippen molar-refractivity contribution < 1.29 is 4.79 Å². The minimum atomic E-state index is 0.0611. The third-order valence-electron chi connectivity index (χ3n) is 6.98. The van der Waals surface area contributed by atoms with Gasteiger partial charge >= 0.3 is 0 Å². The summed E-state index contributed by atoms with van der Waals surface area (Å²) in [4.78, 5) is 15.9. The van der Waals surface area contributed by atoms with E-state index in [0.717, 1.165) is 29.6 Å². The number of fused-ring (bicyclic) bond motifs is 2. The Morgan fingerprint density at radius 2 is 1.73 bits per heavy atom. The van der Waals surface area contributed by atoms with Crippen LogP contribution in [0.2, 0.25) is 0 Å². The van der Waals surface area contributed by atoms with Crippen LogP contribution in [-0.4, -0.2) is 41.1 Å². The van der Waals surface area contributed by atoms with Crippen molar-refractivity contribution in [2.45, 2.75) is 44.7 Å². The van der Waals surface area contributed by atoms with Gasteiger partial charge in [-0.1, -0.05) is 55.0 Å². The first-order valence-corrected chi connectivity index (χ1v) is 11.4. The van der Waals surface area contributed by atoms with Crippen molar-refractivity contribution in [3.63, 3.8) is 0 Å². The predicted molar refractivity (Wildman–Crippen MR) is 122 cm³/mol. The number of benzene rings is 2. The number of hydrogen-bond donors (Lipinski definition) is 1. The van der Waals surface area contributed by atoms with Crippen LogP contribution >= 0.6 is 0 Å². The molecule has 2 atom stereocenters. The molecule has 0 aliphatic carbocycles. The summed E-state index contributed by atoms with van der Waals surface area (Å²) in [6.45, 7) is 4.04. The normalized spacial score (nSPS) is 22.0. The Hall–Kier alpha value is -2.59. The first-order valence-electron chi connectivity index (χ1n) is 11.4. The summed E-state index contributed by atoms with van der Waals surface area (Å²) < 4.78 is 2.20. The Kier molecular flexibility index (Phi) is 5.58. The van der Waals surface area contributed by atoms with E-state index in [1.54, 1.807) is 0 Å².